The molecule has 4 fully saturated rings. The topological polar surface area (TPSA) is 65.1 Å². The van der Waals surface area contributed by atoms with Gasteiger partial charge in [0.05, 0.1) is 24.1 Å². The van der Waals surface area contributed by atoms with E-state index in [0.29, 0.717) is 52.7 Å². The Labute approximate surface area is 329 Å². The van der Waals surface area contributed by atoms with Crippen LogP contribution in [0, 0.1) is 29.0 Å². The number of aldehydes is 1. The summed E-state index contributed by atoms with van der Waals surface area (Å²) in [6.07, 6.45) is 5.10. The molecule has 1 aliphatic heterocycles. The van der Waals surface area contributed by atoms with Gasteiger partial charge < -0.3 is 19.7 Å². The van der Waals surface area contributed by atoms with Crippen molar-refractivity contribution in [1.82, 2.24) is 19.4 Å². The summed E-state index contributed by atoms with van der Waals surface area (Å²) >= 11 is 12.7. The van der Waals surface area contributed by atoms with Crippen LogP contribution in [-0.2, 0) is 41.8 Å². The number of methoxy groups -OCH3 is 1. The van der Waals surface area contributed by atoms with Gasteiger partial charge in [-0.05, 0) is 111 Å². The quantitative estimate of drug-likeness (QED) is 0.167. The van der Waals surface area contributed by atoms with Crippen molar-refractivity contribution in [3.05, 3.63) is 98.8 Å². The Hall–Kier alpha value is -2.37. The van der Waals surface area contributed by atoms with Gasteiger partial charge in [0.25, 0.3) is 0 Å². The summed E-state index contributed by atoms with van der Waals surface area (Å²) in [5.41, 5.74) is 4.13. The molecule has 0 amide bonds. The van der Waals surface area contributed by atoms with Crippen LogP contribution < -0.4 is 10.1 Å². The Morgan fingerprint density at radius 3 is 2.40 bits per heavy atom. The molecule has 3 aromatic carbocycles. The molecule has 7 rings (SSSR count). The second kappa shape index (κ2) is 18.5. The molecule has 3 saturated carbocycles. The van der Waals surface area contributed by atoms with E-state index in [1.807, 2.05) is 56.6 Å². The largest absolute Gasteiger partial charge is 0.494 e. The number of hydrogen-bond donors (Lipinski definition) is 1. The van der Waals surface area contributed by atoms with Crippen molar-refractivity contribution in [3.8, 4) is 5.75 Å². The zero-order valence-corrected chi connectivity index (χ0v) is 34.6. The third-order valence-electron chi connectivity index (χ3n) is 12.0. The lowest BCUT2D eigenvalue weighted by molar-refractivity contribution is -0.113. The summed E-state index contributed by atoms with van der Waals surface area (Å²) < 4.78 is 35.0. The van der Waals surface area contributed by atoms with Crippen molar-refractivity contribution in [1.29, 1.82) is 0 Å². The van der Waals surface area contributed by atoms with Crippen LogP contribution in [0.15, 0.2) is 60.7 Å². The lowest BCUT2D eigenvalue weighted by Gasteiger charge is -2.62. The fourth-order valence-corrected chi connectivity index (χ4v) is 10.5. The second-order valence-electron chi connectivity index (χ2n) is 16.0. The van der Waals surface area contributed by atoms with E-state index in [0.717, 1.165) is 53.3 Å². The van der Waals surface area contributed by atoms with Crippen molar-refractivity contribution in [2.45, 2.75) is 84.2 Å². The van der Waals surface area contributed by atoms with Crippen LogP contribution >= 0.6 is 23.2 Å². The highest BCUT2D eigenvalue weighted by molar-refractivity contribution is 7.82. The van der Waals surface area contributed by atoms with Crippen LogP contribution in [-0.4, -0.2) is 83.3 Å². The molecule has 11 heteroatoms. The third-order valence-corrected chi connectivity index (χ3v) is 14.1. The number of ether oxygens (including phenoxy) is 1. The van der Waals surface area contributed by atoms with Gasteiger partial charge in [0.1, 0.15) is 6.29 Å². The molecule has 0 spiro atoms. The van der Waals surface area contributed by atoms with Gasteiger partial charge in [-0.25, -0.2) is 12.9 Å². The summed E-state index contributed by atoms with van der Waals surface area (Å²) in [4.78, 5) is 15.9. The number of nitrogens with one attached hydrogen (secondary N) is 1. The monoisotopic (exact) mass is 786 g/mol. The van der Waals surface area contributed by atoms with Gasteiger partial charge in [0, 0.05) is 59.6 Å². The maximum Gasteiger partial charge on any atom is 0.171 e. The first-order valence-electron chi connectivity index (χ1n) is 18.7. The summed E-state index contributed by atoms with van der Waals surface area (Å²) in [6.45, 7) is 9.26. The lowest BCUT2D eigenvalue weighted by atomic mass is 9.45. The second-order valence-corrected chi connectivity index (χ2v) is 18.3. The first-order valence-corrected chi connectivity index (χ1v) is 20.8. The standard InChI is InChI=1S/C31H36Cl2FN3O3S.C11H21N/c1-35(2)19-27(16-22-7-9-25(32)10-8-22)36(20-28-29(33)11-12-30(40-3)31(28)34)17-23-5-4-6-24(15-23)18-37-26(21-38)13-14-41(37)39;1-7-9-5-8(11(9,2)3)6-10(7)12-4/h4-12,15,21,26-27H,13-14,16-20H2,1-3H3;7-10,12H,5-6H2,1-4H3/t26?,27-,41?;7-,8?,9?,10?/m00/s1. The first-order chi connectivity index (χ1) is 25.2. The highest BCUT2D eigenvalue weighted by Gasteiger charge is 2.55. The molecule has 3 aliphatic carbocycles. The SMILES string of the molecule is CNC1CC2CC([C@@H]1C)C2(C)C.COc1ccc(Cl)c(CN(Cc2cccc(CN3C(C=O)CCS3=O)c2)[C@@H](Cc2ccc(Cl)cc2)CN(C)C)c1F. The number of nitrogens with zero attached hydrogens (tertiary/aromatic N) is 3. The van der Waals surface area contributed by atoms with Gasteiger partial charge in [0.2, 0.25) is 0 Å². The van der Waals surface area contributed by atoms with Crippen molar-refractivity contribution < 1.29 is 18.1 Å². The maximum absolute atomic E-state index is 15.5. The minimum absolute atomic E-state index is 0.00188. The molecule has 2 bridgehead atoms. The predicted octanol–water partition coefficient (Wildman–Crippen LogP) is 8.03. The first kappa shape index (κ1) is 41.8. The van der Waals surface area contributed by atoms with Crippen LogP contribution in [0.2, 0.25) is 10.0 Å². The van der Waals surface area contributed by atoms with Gasteiger partial charge in [0.15, 0.2) is 11.6 Å². The molecule has 1 heterocycles. The highest BCUT2D eigenvalue weighted by Crippen LogP contribution is 2.61. The van der Waals surface area contributed by atoms with E-state index >= 15 is 4.39 Å². The van der Waals surface area contributed by atoms with E-state index in [1.165, 1.54) is 26.0 Å². The molecule has 1 N–H and O–H groups in total. The average molecular weight is 788 g/mol. The molecule has 5 unspecified atom stereocenters. The minimum atomic E-state index is -1.17. The fraction of sp³-hybridized carbons (Fsp3) is 0.548. The normalized spacial score (nSPS) is 25.4. The van der Waals surface area contributed by atoms with E-state index in [9.17, 15) is 9.00 Å². The molecule has 53 heavy (non-hydrogen) atoms. The Kier molecular flexibility index (Phi) is 14.6. The number of benzene rings is 3. The minimum Gasteiger partial charge on any atom is -0.494 e. The number of halogens is 3. The van der Waals surface area contributed by atoms with Gasteiger partial charge in [-0.1, -0.05) is 80.4 Å². The summed E-state index contributed by atoms with van der Waals surface area (Å²) in [6, 6.07) is 19.5. The van der Waals surface area contributed by atoms with E-state index in [-0.39, 0.29) is 24.4 Å². The van der Waals surface area contributed by atoms with Crippen LogP contribution in [0.5, 0.6) is 5.75 Å². The van der Waals surface area contributed by atoms with Crippen LogP contribution in [0.4, 0.5) is 4.39 Å². The van der Waals surface area contributed by atoms with Gasteiger partial charge in [-0.15, -0.1) is 0 Å². The van der Waals surface area contributed by atoms with E-state index in [2.05, 4.69) is 49.0 Å². The third kappa shape index (κ3) is 10.1. The Balaban J connectivity index is 0.000000378. The van der Waals surface area contributed by atoms with Crippen molar-refractivity contribution in [3.63, 3.8) is 0 Å². The molecule has 290 valence electrons. The summed E-state index contributed by atoms with van der Waals surface area (Å²) in [5, 5.41) is 4.47. The zero-order chi connectivity index (χ0) is 38.4. The number of likely N-dealkylation sites (N-methyl/N-ethyl adjacent to an activating group) is 1. The lowest BCUT2D eigenvalue weighted by Crippen LogP contribution is -2.59. The van der Waals surface area contributed by atoms with Crippen LogP contribution in [0.25, 0.3) is 0 Å². The van der Waals surface area contributed by atoms with Gasteiger partial charge in [-0.2, -0.15) is 0 Å². The Morgan fingerprint density at radius 2 is 1.77 bits per heavy atom. The number of hydrogen-bond acceptors (Lipinski definition) is 6. The molecule has 7 nitrogen and oxygen atoms in total. The molecule has 4 aliphatic rings. The predicted molar refractivity (Wildman–Crippen MR) is 216 cm³/mol. The highest BCUT2D eigenvalue weighted by atomic mass is 35.5. The smallest absolute Gasteiger partial charge is 0.171 e. The Morgan fingerprint density at radius 1 is 1.06 bits per heavy atom. The molecule has 0 aromatic heterocycles. The number of rotatable bonds is 14. The molecular weight excluding hydrogens is 730 g/mol. The maximum atomic E-state index is 15.5. The molecule has 1 saturated heterocycles. The van der Waals surface area contributed by atoms with Crippen molar-refractivity contribution >= 4 is 40.5 Å². The molecular formula is C42H57Cl2FN4O3S. The van der Waals surface area contributed by atoms with Crippen LogP contribution in [0.1, 0.15) is 62.3 Å². The number of carbonyl (C=O) groups is 1. The molecule has 3 aromatic rings. The summed E-state index contributed by atoms with van der Waals surface area (Å²) in [5.74, 6) is 3.04. The van der Waals surface area contributed by atoms with Crippen molar-refractivity contribution in [2.75, 3.05) is 40.6 Å². The van der Waals surface area contributed by atoms with Crippen molar-refractivity contribution in [2.24, 2.45) is 23.2 Å². The molecule has 7 atom stereocenters. The van der Waals surface area contributed by atoms with Crippen LogP contribution in [0.3, 0.4) is 0 Å². The van der Waals surface area contributed by atoms with E-state index in [4.69, 9.17) is 27.9 Å². The average Bonchev–Trinajstić information content (AvgIpc) is 3.48. The fourth-order valence-electron chi connectivity index (χ4n) is 8.75. The number of fused-ring (bicyclic) bond motifs is 2. The Bertz CT molecular complexity index is 1710. The van der Waals surface area contributed by atoms with Gasteiger partial charge >= 0.3 is 0 Å². The number of carbonyl (C=O) groups excluding carboxylic acids is 1. The molecule has 0 radical (unpaired) electrons. The summed E-state index contributed by atoms with van der Waals surface area (Å²) in [7, 11) is 6.42. The zero-order valence-electron chi connectivity index (χ0n) is 32.3. The van der Waals surface area contributed by atoms with E-state index in [1.54, 1.807) is 10.4 Å². The van der Waals surface area contributed by atoms with E-state index < -0.39 is 16.8 Å². The van der Waals surface area contributed by atoms with Gasteiger partial charge in [-0.3, -0.25) is 4.90 Å².